The van der Waals surface area contributed by atoms with Crippen molar-refractivity contribution in [2.75, 3.05) is 26.3 Å². The van der Waals surface area contributed by atoms with Crippen molar-refractivity contribution in [2.45, 2.75) is 0 Å². The number of para-hydroxylation sites is 2. The van der Waals surface area contributed by atoms with Gasteiger partial charge in [0, 0.05) is 12.1 Å². The first kappa shape index (κ1) is 19.1. The van der Waals surface area contributed by atoms with Crippen LogP contribution in [-0.4, -0.2) is 27.2 Å². The molecule has 0 bridgehead atoms. The summed E-state index contributed by atoms with van der Waals surface area (Å²) in [5, 5.41) is 1.72. The van der Waals surface area contributed by atoms with Gasteiger partial charge in [0.15, 0.2) is 11.5 Å². The molecule has 0 aromatic heterocycles. The van der Waals surface area contributed by atoms with Crippen molar-refractivity contribution in [3.05, 3.63) is 78.4 Å². The number of nitrogens with zero attached hydrogens (tertiary/aromatic N) is 1. The highest BCUT2D eigenvalue weighted by atomic mass is 16.5. The minimum atomic E-state index is -0.342. The zero-order valence-corrected chi connectivity index (χ0v) is 16.0. The molecule has 1 amide bonds. The van der Waals surface area contributed by atoms with Crippen LogP contribution in [0.5, 0.6) is 17.2 Å². The van der Waals surface area contributed by atoms with E-state index >= 15 is 0 Å². The van der Waals surface area contributed by atoms with Gasteiger partial charge >= 0.3 is 0 Å². The molecule has 0 saturated heterocycles. The minimum absolute atomic E-state index is 0.331. The number of methoxy groups -OCH3 is 3. The molecule has 3 rings (SSSR count). The van der Waals surface area contributed by atoms with Crippen LogP contribution < -0.4 is 24.6 Å². The number of hydrogen-bond acceptors (Lipinski definition) is 5. The van der Waals surface area contributed by atoms with Gasteiger partial charge in [-0.05, 0) is 24.3 Å². The van der Waals surface area contributed by atoms with Crippen molar-refractivity contribution in [2.24, 2.45) is 0 Å². The minimum Gasteiger partial charge on any atom is -0.496 e. The van der Waals surface area contributed by atoms with Crippen LogP contribution in [-0.2, 0) is 0 Å². The van der Waals surface area contributed by atoms with Gasteiger partial charge in [0.05, 0.1) is 38.3 Å². The first-order valence-corrected chi connectivity index (χ1v) is 8.69. The first-order valence-electron chi connectivity index (χ1n) is 8.69. The summed E-state index contributed by atoms with van der Waals surface area (Å²) in [6.45, 7) is 0. The van der Waals surface area contributed by atoms with E-state index in [2.05, 4.69) is 5.43 Å². The summed E-state index contributed by atoms with van der Waals surface area (Å²) in [4.78, 5) is 13.1. The van der Waals surface area contributed by atoms with E-state index in [-0.39, 0.29) is 5.91 Å². The highest BCUT2D eigenvalue weighted by Crippen LogP contribution is 2.35. The van der Waals surface area contributed by atoms with Crippen molar-refractivity contribution >= 4 is 17.3 Å². The molecule has 0 aliphatic carbocycles. The third-order valence-corrected chi connectivity index (χ3v) is 4.19. The maximum absolute atomic E-state index is 13.1. The van der Waals surface area contributed by atoms with Crippen molar-refractivity contribution in [3.8, 4) is 17.2 Å². The van der Waals surface area contributed by atoms with Crippen LogP contribution in [0.3, 0.4) is 0 Å². The molecule has 0 unspecified atom stereocenters. The largest absolute Gasteiger partial charge is 0.496 e. The van der Waals surface area contributed by atoms with Gasteiger partial charge in [0.25, 0.3) is 5.91 Å². The summed E-state index contributed by atoms with van der Waals surface area (Å²) in [5.41, 5.74) is 4.92. The van der Waals surface area contributed by atoms with E-state index in [0.717, 1.165) is 11.4 Å². The second-order valence-corrected chi connectivity index (χ2v) is 5.85. The lowest BCUT2D eigenvalue weighted by Gasteiger charge is -2.26. The molecule has 3 aromatic rings. The van der Waals surface area contributed by atoms with Crippen molar-refractivity contribution in [1.29, 1.82) is 0 Å². The molecule has 0 saturated carbocycles. The molecule has 3 aromatic carbocycles. The highest BCUT2D eigenvalue weighted by molar-refractivity contribution is 5.99. The van der Waals surface area contributed by atoms with Crippen LogP contribution >= 0.6 is 0 Å². The molecule has 0 aliphatic rings. The fourth-order valence-corrected chi connectivity index (χ4v) is 2.80. The van der Waals surface area contributed by atoms with Gasteiger partial charge in [-0.25, -0.2) is 0 Å². The van der Waals surface area contributed by atoms with Crippen LogP contribution in [0, 0.1) is 0 Å². The number of ether oxygens (including phenoxy) is 3. The van der Waals surface area contributed by atoms with Crippen LogP contribution in [0.15, 0.2) is 72.8 Å². The summed E-state index contributed by atoms with van der Waals surface area (Å²) in [6.07, 6.45) is 0. The number of rotatable bonds is 7. The number of nitrogens with one attached hydrogen (secondary N) is 1. The van der Waals surface area contributed by atoms with Gasteiger partial charge in [-0.3, -0.25) is 15.2 Å². The van der Waals surface area contributed by atoms with E-state index in [4.69, 9.17) is 14.2 Å². The number of anilines is 2. The summed E-state index contributed by atoms with van der Waals surface area (Å²) in [7, 11) is 4.56. The Morgan fingerprint density at radius 3 is 1.64 bits per heavy atom. The van der Waals surface area contributed by atoms with Crippen molar-refractivity contribution in [1.82, 2.24) is 5.43 Å². The standard InChI is InChI=1S/C22H22N2O4/c1-26-19-15-21(28-3)20(27-2)14-18(19)22(25)23-24(16-10-6-4-7-11-16)17-12-8-5-9-13-17/h4-15H,1-3H3,(H,23,25). The molecule has 6 heteroatoms. The van der Waals surface area contributed by atoms with E-state index in [1.165, 1.54) is 21.3 Å². The lowest BCUT2D eigenvalue weighted by Crippen LogP contribution is -2.39. The van der Waals surface area contributed by atoms with E-state index in [9.17, 15) is 4.79 Å². The maximum atomic E-state index is 13.1. The van der Waals surface area contributed by atoms with Gasteiger partial charge < -0.3 is 14.2 Å². The van der Waals surface area contributed by atoms with Crippen molar-refractivity contribution in [3.63, 3.8) is 0 Å². The first-order chi connectivity index (χ1) is 13.7. The Hall–Kier alpha value is -3.67. The zero-order chi connectivity index (χ0) is 19.9. The summed E-state index contributed by atoms with van der Waals surface area (Å²) < 4.78 is 16.0. The molecule has 0 fully saturated rings. The zero-order valence-electron chi connectivity index (χ0n) is 16.0. The van der Waals surface area contributed by atoms with E-state index < -0.39 is 0 Å². The lowest BCUT2D eigenvalue weighted by atomic mass is 10.1. The second kappa shape index (κ2) is 8.81. The van der Waals surface area contributed by atoms with E-state index in [1.54, 1.807) is 17.1 Å². The molecule has 1 N–H and O–H groups in total. The van der Waals surface area contributed by atoms with Gasteiger partial charge in [-0.2, -0.15) is 0 Å². The van der Waals surface area contributed by atoms with Crippen LogP contribution in [0.2, 0.25) is 0 Å². The van der Waals surface area contributed by atoms with Gasteiger partial charge in [-0.1, -0.05) is 36.4 Å². The lowest BCUT2D eigenvalue weighted by molar-refractivity contribution is 0.0950. The van der Waals surface area contributed by atoms with E-state index in [1.807, 2.05) is 60.7 Å². The fraction of sp³-hybridized carbons (Fsp3) is 0.136. The molecule has 144 valence electrons. The van der Waals surface area contributed by atoms with Crippen LogP contribution in [0.4, 0.5) is 11.4 Å². The normalized spacial score (nSPS) is 10.1. The number of carbonyl (C=O) groups is 1. The Labute approximate surface area is 164 Å². The monoisotopic (exact) mass is 378 g/mol. The van der Waals surface area contributed by atoms with Gasteiger partial charge in [0.1, 0.15) is 5.75 Å². The Bertz CT molecular complexity index is 891. The fourth-order valence-electron chi connectivity index (χ4n) is 2.80. The molecule has 0 radical (unpaired) electrons. The van der Waals surface area contributed by atoms with Crippen molar-refractivity contribution < 1.29 is 19.0 Å². The summed E-state index contributed by atoms with van der Waals surface area (Å²) in [5.74, 6) is 0.972. The predicted octanol–water partition coefficient (Wildman–Crippen LogP) is 4.20. The molecule has 0 heterocycles. The van der Waals surface area contributed by atoms with Crippen LogP contribution in [0.1, 0.15) is 10.4 Å². The van der Waals surface area contributed by atoms with Gasteiger partial charge in [-0.15, -0.1) is 0 Å². The van der Waals surface area contributed by atoms with E-state index in [0.29, 0.717) is 22.8 Å². The molecule has 0 atom stereocenters. The Balaban J connectivity index is 1.99. The Morgan fingerprint density at radius 2 is 1.18 bits per heavy atom. The number of hydrazine groups is 1. The maximum Gasteiger partial charge on any atom is 0.274 e. The molecule has 0 aliphatic heterocycles. The number of carbonyl (C=O) groups excluding carboxylic acids is 1. The Kier molecular flexibility index (Phi) is 6.01. The Morgan fingerprint density at radius 1 is 0.714 bits per heavy atom. The quantitative estimate of drug-likeness (QED) is 0.625. The molecule has 0 spiro atoms. The third-order valence-electron chi connectivity index (χ3n) is 4.19. The molecule has 28 heavy (non-hydrogen) atoms. The number of amides is 1. The highest BCUT2D eigenvalue weighted by Gasteiger charge is 2.20. The third kappa shape index (κ3) is 4.01. The average Bonchev–Trinajstić information content (AvgIpc) is 2.77. The average molecular weight is 378 g/mol. The smallest absolute Gasteiger partial charge is 0.274 e. The topological polar surface area (TPSA) is 60.0 Å². The number of hydrogen-bond donors (Lipinski definition) is 1. The SMILES string of the molecule is COc1cc(OC)c(C(=O)NN(c2ccccc2)c2ccccc2)cc1OC. The summed E-state index contributed by atoms with van der Waals surface area (Å²) in [6, 6.07) is 22.4. The molecular formula is C22H22N2O4. The van der Waals surface area contributed by atoms with Gasteiger partial charge in [0.2, 0.25) is 0 Å². The summed E-state index contributed by atoms with van der Waals surface area (Å²) >= 11 is 0. The second-order valence-electron chi connectivity index (χ2n) is 5.85. The molecule has 6 nitrogen and oxygen atoms in total. The molecular weight excluding hydrogens is 356 g/mol. The van der Waals surface area contributed by atoms with Crippen LogP contribution in [0.25, 0.3) is 0 Å². The predicted molar refractivity (Wildman–Crippen MR) is 109 cm³/mol. The number of benzene rings is 3.